The van der Waals surface area contributed by atoms with Crippen LogP contribution in [0.3, 0.4) is 0 Å². The molecule has 7 heterocycles. The standard InChI is InChI=1S/C20H26N10O12P2S/c21-14-8-15(24-3-23-14)29(4-25-8)18-11(32)12-7(40-18)2-37-43(34,35)41-13-10(31)6(1-38-44(36,45)42-12)39-19(13)30-5-26-9-16(30)27-20(22)28-17(9)33/h1,5,10,15,23-25,31-32,34-36,43-45H,2-4,21H2,(H3,22,27,28,33)/b6-1+/t10-,15?/m1/s1. The Bertz CT molecular complexity index is 1870. The van der Waals surface area contributed by atoms with Crippen LogP contribution in [0.15, 0.2) is 44.8 Å². The zero-order valence-electron chi connectivity index (χ0n) is 22.4. The Morgan fingerprint density at radius 3 is 2.78 bits per heavy atom. The fourth-order valence-electron chi connectivity index (χ4n) is 4.85. The van der Waals surface area contributed by atoms with Crippen LogP contribution in [0.2, 0.25) is 0 Å². The molecule has 4 aliphatic heterocycles. The van der Waals surface area contributed by atoms with Gasteiger partial charge in [0.25, 0.3) is 0 Å². The zero-order chi connectivity index (χ0) is 31.8. The van der Waals surface area contributed by atoms with Gasteiger partial charge in [0.15, 0.2) is 0 Å². The van der Waals surface area contributed by atoms with Crippen molar-refractivity contribution in [2.45, 2.75) is 18.9 Å². The number of aromatic hydroxyl groups is 1. The summed E-state index contributed by atoms with van der Waals surface area (Å²) in [5, 5.41) is 31.2. The Balaban J connectivity index is 1.28. The van der Waals surface area contributed by atoms with Gasteiger partial charge in [0.05, 0.1) is 0 Å². The fraction of sp³-hybridized carbons (Fsp3) is 0.250. The van der Waals surface area contributed by atoms with Gasteiger partial charge in [-0.2, -0.15) is 0 Å². The van der Waals surface area contributed by atoms with E-state index >= 15 is 0 Å². The number of nitrogens with two attached hydrogens (primary N) is 2. The quantitative estimate of drug-likeness (QED) is 0.0992. The molecule has 7 rings (SSSR count). The number of ether oxygens (including phenoxy) is 1. The van der Waals surface area contributed by atoms with E-state index < -0.39 is 68.7 Å². The molecular weight excluding hydrogens is 666 g/mol. The second kappa shape index (κ2) is 10.4. The summed E-state index contributed by atoms with van der Waals surface area (Å²) in [6.45, 7) is -0.385. The molecule has 0 spiro atoms. The number of H-pyrrole nitrogens is 1. The number of aromatic amines is 1. The molecule has 25 heteroatoms. The van der Waals surface area contributed by atoms with Gasteiger partial charge in [-0.15, -0.1) is 0 Å². The number of hydrogen-bond acceptors (Lipinski definition) is 21. The second-order valence-electron chi connectivity index (χ2n) is 9.74. The van der Waals surface area contributed by atoms with E-state index in [1.807, 2.05) is 0 Å². The van der Waals surface area contributed by atoms with Crippen LogP contribution >= 0.6 is 27.6 Å². The minimum absolute atomic E-state index is 0.116. The summed E-state index contributed by atoms with van der Waals surface area (Å²) in [5.74, 6) is -2.99. The first-order chi connectivity index (χ1) is 21.3. The first-order valence-corrected chi connectivity index (χ1v) is 17.5. The molecule has 2 bridgehead atoms. The average molecular weight is 693 g/mol. The molecule has 4 aliphatic rings. The third-order valence-corrected chi connectivity index (χ3v) is 9.32. The molecule has 1 unspecified atom stereocenters. The van der Waals surface area contributed by atoms with Crippen molar-refractivity contribution < 1.29 is 52.1 Å². The van der Waals surface area contributed by atoms with Gasteiger partial charge in [-0.05, 0) is 0 Å². The maximum absolute atomic E-state index is 12.3. The summed E-state index contributed by atoms with van der Waals surface area (Å²) >= 11 is 4.09. The van der Waals surface area contributed by atoms with E-state index in [4.69, 9.17) is 38.7 Å². The second-order valence-corrected chi connectivity index (χ2v) is 14.6. The number of nitrogens with zero attached hydrogens (tertiary/aromatic N) is 4. The van der Waals surface area contributed by atoms with Crippen molar-refractivity contribution in [2.24, 2.45) is 5.73 Å². The fourth-order valence-corrected chi connectivity index (χ4v) is 6.94. The molecule has 13 N–H and O–H groups in total. The molecule has 0 radical (unpaired) electrons. The molecule has 0 amide bonds. The number of imidazole rings is 1. The van der Waals surface area contributed by atoms with Crippen molar-refractivity contribution >= 4 is 56.4 Å². The number of nitrogens with one attached hydrogen (secondary N) is 4. The predicted molar refractivity (Wildman–Crippen MR) is 158 cm³/mol. The summed E-state index contributed by atoms with van der Waals surface area (Å²) in [5.41, 5.74) is 11.3. The summed E-state index contributed by atoms with van der Waals surface area (Å²) in [4.78, 5) is 56.7. The number of anilines is 2. The number of nitrogen functional groups attached to an aromatic ring is 1. The van der Waals surface area contributed by atoms with Gasteiger partial charge in [-0.25, -0.2) is 0 Å². The number of furan rings is 1. The minimum atomic E-state index is -5.26. The van der Waals surface area contributed by atoms with Crippen molar-refractivity contribution in [3.63, 3.8) is 0 Å². The third kappa shape index (κ3) is 5.09. The Kier molecular flexibility index (Phi) is 6.85. The van der Waals surface area contributed by atoms with Gasteiger partial charge in [0.2, 0.25) is 0 Å². The van der Waals surface area contributed by atoms with Gasteiger partial charge in [0, 0.05) is 0 Å². The predicted octanol–water partition coefficient (Wildman–Crippen LogP) is -2.30. The van der Waals surface area contributed by atoms with Gasteiger partial charge >= 0.3 is 256 Å². The molecule has 3 aromatic rings. The van der Waals surface area contributed by atoms with Crippen molar-refractivity contribution in [3.05, 3.63) is 51.7 Å². The van der Waals surface area contributed by atoms with Gasteiger partial charge < -0.3 is 0 Å². The van der Waals surface area contributed by atoms with E-state index in [1.165, 1.54) is 0 Å². The zero-order valence-corrected chi connectivity index (χ0v) is 25.3. The van der Waals surface area contributed by atoms with Crippen LogP contribution < -0.4 is 42.4 Å². The summed E-state index contributed by atoms with van der Waals surface area (Å²) < 4.78 is 34.0. The average Bonchev–Trinajstić information content (AvgIpc) is 3.72. The molecule has 2 atom stereocenters. The van der Waals surface area contributed by atoms with E-state index in [1.54, 1.807) is 4.90 Å². The topological polar surface area (TPSA) is 315 Å². The number of rotatable bonds is 2. The van der Waals surface area contributed by atoms with E-state index in [2.05, 4.69) is 43.2 Å². The summed E-state index contributed by atoms with van der Waals surface area (Å²) in [6, 6.07) is 0. The number of fused-ring (bicyclic) bond motifs is 5. The SMILES string of the molecule is NC1=C2NCN(c3oc4c(c3O)O[PH](O)(S)O/C=C3/OC(n5cnc6c(=O)[nH]c(N)nc65)=C(O[PH](O)(O)OC4)[C@@H]3O)C2NCN1. The van der Waals surface area contributed by atoms with E-state index in [0.29, 0.717) is 18.2 Å². The Morgan fingerprint density at radius 2 is 1.98 bits per heavy atom. The van der Waals surface area contributed by atoms with Crippen LogP contribution in [0.25, 0.3) is 17.0 Å². The Hall–Kier alpha value is -4.18. The van der Waals surface area contributed by atoms with Crippen molar-refractivity contribution in [2.75, 3.05) is 24.0 Å². The van der Waals surface area contributed by atoms with E-state index in [9.17, 15) is 29.7 Å². The summed E-state index contributed by atoms with van der Waals surface area (Å²) in [7, 11) is -9.85. The molecule has 1 fully saturated rings. The van der Waals surface area contributed by atoms with Gasteiger partial charge in [-0.1, -0.05) is 0 Å². The molecular formula is C20H26N10O12P2S. The molecule has 0 aliphatic carbocycles. The number of thiol groups is 1. The van der Waals surface area contributed by atoms with Crippen molar-refractivity contribution in [1.29, 1.82) is 0 Å². The number of aromatic nitrogens is 4. The van der Waals surface area contributed by atoms with Gasteiger partial charge in [-0.3, -0.25) is 0 Å². The van der Waals surface area contributed by atoms with Crippen LogP contribution in [0, 0.1) is 0 Å². The van der Waals surface area contributed by atoms with Crippen LogP contribution in [0.1, 0.15) is 5.76 Å². The summed E-state index contributed by atoms with van der Waals surface area (Å²) in [6.07, 6.45) is -0.619. The van der Waals surface area contributed by atoms with Crippen molar-refractivity contribution in [1.82, 2.24) is 35.5 Å². The molecule has 0 aromatic carbocycles. The molecule has 3 aromatic heterocycles. The van der Waals surface area contributed by atoms with Crippen LogP contribution in [0.5, 0.6) is 11.5 Å². The van der Waals surface area contributed by atoms with E-state index in [-0.39, 0.29) is 35.4 Å². The van der Waals surface area contributed by atoms with Crippen LogP contribution in [0.4, 0.5) is 11.8 Å². The Labute approximate surface area is 255 Å². The normalized spacial score (nSPS) is 26.6. The molecule has 45 heavy (non-hydrogen) atoms. The van der Waals surface area contributed by atoms with E-state index in [0.717, 1.165) is 17.2 Å². The Morgan fingerprint density at radius 1 is 1.18 bits per heavy atom. The first kappa shape index (κ1) is 29.5. The van der Waals surface area contributed by atoms with Crippen molar-refractivity contribution in [3.8, 4) is 11.5 Å². The third-order valence-electron chi connectivity index (χ3n) is 6.83. The monoisotopic (exact) mass is 692 g/mol. The number of aliphatic hydroxyl groups is 1. The number of hydrogen-bond donors (Lipinski definition) is 12. The van der Waals surface area contributed by atoms with Crippen LogP contribution in [-0.4, -0.2) is 70.0 Å². The molecule has 0 saturated carbocycles. The maximum atomic E-state index is 12.3. The van der Waals surface area contributed by atoms with Gasteiger partial charge in [0.1, 0.15) is 0 Å². The molecule has 22 nitrogen and oxygen atoms in total. The molecule has 244 valence electrons. The molecule has 1 saturated heterocycles. The van der Waals surface area contributed by atoms with Crippen LogP contribution in [-0.2, 0) is 24.9 Å². The number of aliphatic hydroxyl groups excluding tert-OH is 1. The first-order valence-electron chi connectivity index (χ1n) is 12.8.